The first-order chi connectivity index (χ1) is 12.1. The molecule has 2 aromatic rings. The summed E-state index contributed by atoms with van der Waals surface area (Å²) in [5.41, 5.74) is 3.05. The van der Waals surface area contributed by atoms with Crippen LogP contribution in [-0.2, 0) is 29.5 Å². The van der Waals surface area contributed by atoms with Gasteiger partial charge in [-0.1, -0.05) is 30.3 Å². The Balaban J connectivity index is 1.77. The molecule has 0 saturated carbocycles. The Morgan fingerprint density at radius 3 is 2.76 bits per heavy atom. The predicted molar refractivity (Wildman–Crippen MR) is 93.8 cm³/mol. The summed E-state index contributed by atoms with van der Waals surface area (Å²) in [5, 5.41) is 4.28. The van der Waals surface area contributed by atoms with Gasteiger partial charge in [-0.3, -0.25) is 9.48 Å². The highest BCUT2D eigenvalue weighted by Crippen LogP contribution is 2.23. The summed E-state index contributed by atoms with van der Waals surface area (Å²) >= 11 is 0. The van der Waals surface area contributed by atoms with E-state index in [1.807, 2.05) is 37.4 Å². The number of amides is 1. The summed E-state index contributed by atoms with van der Waals surface area (Å²) in [7, 11) is 1.81. The van der Waals surface area contributed by atoms with Gasteiger partial charge >= 0.3 is 5.97 Å². The lowest BCUT2D eigenvalue weighted by atomic mass is 10.0. The Bertz CT molecular complexity index is 809. The number of fused-ring (bicyclic) bond motifs is 1. The molecule has 1 aliphatic heterocycles. The van der Waals surface area contributed by atoms with Crippen molar-refractivity contribution in [1.29, 1.82) is 0 Å². The van der Waals surface area contributed by atoms with Gasteiger partial charge in [0.25, 0.3) is 0 Å². The molecule has 3 rings (SSSR count). The summed E-state index contributed by atoms with van der Waals surface area (Å²) in [6, 6.07) is 9.68. The lowest BCUT2D eigenvalue weighted by Gasteiger charge is -2.26. The van der Waals surface area contributed by atoms with E-state index in [4.69, 9.17) is 4.74 Å². The van der Waals surface area contributed by atoms with Gasteiger partial charge in [0.1, 0.15) is 0 Å². The molecule has 0 aliphatic carbocycles. The van der Waals surface area contributed by atoms with Crippen molar-refractivity contribution < 1.29 is 14.3 Å². The smallest absolute Gasteiger partial charge is 0.359 e. The normalized spacial score (nSPS) is 13.8. The third kappa shape index (κ3) is 3.63. The molecule has 130 valence electrons. The summed E-state index contributed by atoms with van der Waals surface area (Å²) in [6.07, 6.45) is 4.04. The van der Waals surface area contributed by atoms with Crippen molar-refractivity contribution in [3.63, 3.8) is 0 Å². The first kappa shape index (κ1) is 17.0. The molecule has 2 heterocycles. The van der Waals surface area contributed by atoms with Crippen LogP contribution < -0.4 is 0 Å². The number of hydrogen-bond acceptors (Lipinski definition) is 4. The standard InChI is InChI=1S/C19H21N3O3/c1-3-25-19(24)18-15-13-22(12-11-16(15)21(2)20-18)17(23)10-9-14-7-5-4-6-8-14/h4-10H,3,11-13H2,1-2H3/b10-9+. The molecule has 1 amide bonds. The molecule has 0 fully saturated rings. The number of rotatable bonds is 4. The zero-order valence-corrected chi connectivity index (χ0v) is 14.4. The summed E-state index contributed by atoms with van der Waals surface area (Å²) in [5.74, 6) is -0.512. The second-order valence-electron chi connectivity index (χ2n) is 5.87. The molecule has 0 radical (unpaired) electrons. The lowest BCUT2D eigenvalue weighted by Crippen LogP contribution is -2.35. The van der Waals surface area contributed by atoms with Gasteiger partial charge in [-0.25, -0.2) is 4.79 Å². The molecular formula is C19H21N3O3. The average Bonchev–Trinajstić information content (AvgIpc) is 2.97. The minimum atomic E-state index is -0.437. The van der Waals surface area contributed by atoms with Crippen LogP contribution in [-0.4, -0.2) is 39.7 Å². The van der Waals surface area contributed by atoms with Crippen LogP contribution >= 0.6 is 0 Å². The molecule has 0 saturated heterocycles. The Morgan fingerprint density at radius 2 is 2.04 bits per heavy atom. The Hall–Kier alpha value is -2.89. The van der Waals surface area contributed by atoms with Crippen LogP contribution in [0.4, 0.5) is 0 Å². The van der Waals surface area contributed by atoms with Crippen molar-refractivity contribution in [1.82, 2.24) is 14.7 Å². The predicted octanol–water partition coefficient (Wildman–Crippen LogP) is 2.19. The van der Waals surface area contributed by atoms with Crippen LogP contribution in [0.1, 0.15) is 34.2 Å². The molecule has 1 aliphatic rings. The molecule has 6 nitrogen and oxygen atoms in total. The van der Waals surface area contributed by atoms with E-state index in [1.54, 1.807) is 28.7 Å². The van der Waals surface area contributed by atoms with Crippen molar-refractivity contribution in [2.75, 3.05) is 13.2 Å². The van der Waals surface area contributed by atoms with Gasteiger partial charge in [0, 0.05) is 37.3 Å². The number of carbonyl (C=O) groups is 2. The van der Waals surface area contributed by atoms with Gasteiger partial charge in [-0.05, 0) is 18.6 Å². The third-order valence-corrected chi connectivity index (χ3v) is 4.24. The molecule has 0 unspecified atom stereocenters. The van der Waals surface area contributed by atoms with E-state index in [-0.39, 0.29) is 5.91 Å². The van der Waals surface area contributed by atoms with Crippen molar-refractivity contribution in [3.8, 4) is 0 Å². The minimum absolute atomic E-state index is 0.0758. The molecule has 0 bridgehead atoms. The molecule has 1 aromatic carbocycles. The highest BCUT2D eigenvalue weighted by atomic mass is 16.5. The number of esters is 1. The second kappa shape index (κ2) is 7.34. The van der Waals surface area contributed by atoms with Gasteiger partial charge in [0.15, 0.2) is 5.69 Å². The Kier molecular flexibility index (Phi) is 4.97. The molecular weight excluding hydrogens is 318 g/mol. The van der Waals surface area contributed by atoms with Gasteiger partial charge in [0.2, 0.25) is 5.91 Å². The van der Waals surface area contributed by atoms with Crippen molar-refractivity contribution in [3.05, 3.63) is 58.9 Å². The van der Waals surface area contributed by atoms with E-state index in [0.717, 1.165) is 16.8 Å². The van der Waals surface area contributed by atoms with E-state index >= 15 is 0 Å². The molecule has 1 aromatic heterocycles. The van der Waals surface area contributed by atoms with E-state index in [9.17, 15) is 9.59 Å². The number of aromatic nitrogens is 2. The van der Waals surface area contributed by atoms with Crippen LogP contribution in [0.3, 0.4) is 0 Å². The number of benzene rings is 1. The summed E-state index contributed by atoms with van der Waals surface area (Å²) in [4.78, 5) is 26.3. The first-order valence-corrected chi connectivity index (χ1v) is 8.34. The maximum Gasteiger partial charge on any atom is 0.359 e. The van der Waals surface area contributed by atoms with Crippen molar-refractivity contribution in [2.24, 2.45) is 7.05 Å². The van der Waals surface area contributed by atoms with Gasteiger partial charge < -0.3 is 9.64 Å². The first-order valence-electron chi connectivity index (χ1n) is 8.34. The highest BCUT2D eigenvalue weighted by molar-refractivity contribution is 5.93. The topological polar surface area (TPSA) is 64.4 Å². The molecule has 0 spiro atoms. The molecule has 25 heavy (non-hydrogen) atoms. The summed E-state index contributed by atoms with van der Waals surface area (Å²) < 4.78 is 6.79. The third-order valence-electron chi connectivity index (χ3n) is 4.24. The van der Waals surface area contributed by atoms with E-state index < -0.39 is 5.97 Å². The fourth-order valence-electron chi connectivity index (χ4n) is 2.98. The zero-order valence-electron chi connectivity index (χ0n) is 14.4. The number of aryl methyl sites for hydroxylation is 1. The van der Waals surface area contributed by atoms with Crippen molar-refractivity contribution in [2.45, 2.75) is 19.9 Å². The SMILES string of the molecule is CCOC(=O)c1nn(C)c2c1CN(C(=O)/C=C/c1ccccc1)CC2. The van der Waals surface area contributed by atoms with Gasteiger partial charge in [0.05, 0.1) is 13.2 Å². The number of carbonyl (C=O) groups excluding carboxylic acids is 2. The van der Waals surface area contributed by atoms with Crippen LogP contribution in [0.15, 0.2) is 36.4 Å². The minimum Gasteiger partial charge on any atom is -0.461 e. The maximum atomic E-state index is 12.5. The molecule has 6 heteroatoms. The summed E-state index contributed by atoms with van der Waals surface area (Å²) in [6.45, 7) is 3.03. The monoisotopic (exact) mass is 339 g/mol. The van der Waals surface area contributed by atoms with E-state index in [1.165, 1.54) is 0 Å². The molecule has 0 N–H and O–H groups in total. The number of nitrogens with zero attached hydrogens (tertiary/aromatic N) is 3. The highest BCUT2D eigenvalue weighted by Gasteiger charge is 2.29. The Morgan fingerprint density at radius 1 is 1.28 bits per heavy atom. The maximum absolute atomic E-state index is 12.5. The van der Waals surface area contributed by atoms with Gasteiger partial charge in [-0.2, -0.15) is 5.10 Å². The Labute approximate surface area is 146 Å². The quantitative estimate of drug-likeness (QED) is 0.633. The largest absolute Gasteiger partial charge is 0.461 e. The van der Waals surface area contributed by atoms with Gasteiger partial charge in [-0.15, -0.1) is 0 Å². The fourth-order valence-corrected chi connectivity index (χ4v) is 2.98. The number of hydrogen-bond donors (Lipinski definition) is 0. The molecule has 0 atom stereocenters. The zero-order chi connectivity index (χ0) is 17.8. The fraction of sp³-hybridized carbons (Fsp3) is 0.316. The van der Waals surface area contributed by atoms with E-state index in [0.29, 0.717) is 31.8 Å². The second-order valence-corrected chi connectivity index (χ2v) is 5.87. The average molecular weight is 339 g/mol. The lowest BCUT2D eigenvalue weighted by molar-refractivity contribution is -0.126. The van der Waals surface area contributed by atoms with Crippen LogP contribution in [0, 0.1) is 0 Å². The van der Waals surface area contributed by atoms with Crippen LogP contribution in [0.25, 0.3) is 6.08 Å². The van der Waals surface area contributed by atoms with Crippen LogP contribution in [0.2, 0.25) is 0 Å². The number of ether oxygens (including phenoxy) is 1. The van der Waals surface area contributed by atoms with Crippen molar-refractivity contribution >= 4 is 18.0 Å². The van der Waals surface area contributed by atoms with E-state index in [2.05, 4.69) is 5.10 Å². The van der Waals surface area contributed by atoms with Crippen LogP contribution in [0.5, 0.6) is 0 Å².